The van der Waals surface area contributed by atoms with E-state index < -0.39 is 10.0 Å². The molecule has 3 rings (SSSR count). The number of piperidine rings is 1. The Labute approximate surface area is 178 Å². The number of rotatable bonds is 8. The Hall–Kier alpha value is -2.74. The highest BCUT2D eigenvalue weighted by Gasteiger charge is 2.21. The van der Waals surface area contributed by atoms with Gasteiger partial charge in [-0.05, 0) is 49.1 Å². The largest absolute Gasteiger partial charge is 0.371 e. The van der Waals surface area contributed by atoms with Crippen molar-refractivity contribution in [1.29, 1.82) is 0 Å². The smallest absolute Gasteiger partial charge is 0.315 e. The van der Waals surface area contributed by atoms with Gasteiger partial charge >= 0.3 is 6.03 Å². The van der Waals surface area contributed by atoms with Crippen LogP contribution in [0.1, 0.15) is 25.3 Å². The van der Waals surface area contributed by atoms with Gasteiger partial charge in [0.15, 0.2) is 0 Å². The Balaban J connectivity index is 1.36. The normalized spacial score (nSPS) is 14.9. The van der Waals surface area contributed by atoms with E-state index in [1.807, 2.05) is 6.07 Å². The van der Waals surface area contributed by atoms with Gasteiger partial charge in [0, 0.05) is 37.1 Å². The molecule has 1 aliphatic rings. The summed E-state index contributed by atoms with van der Waals surface area (Å²) in [4.78, 5) is 14.5. The van der Waals surface area contributed by atoms with Crippen molar-refractivity contribution in [2.45, 2.75) is 32.2 Å². The minimum atomic E-state index is -3.51. The van der Waals surface area contributed by atoms with Crippen molar-refractivity contribution in [3.63, 3.8) is 0 Å². The minimum Gasteiger partial charge on any atom is -0.371 e. The Bertz CT molecular complexity index is 909. The van der Waals surface area contributed by atoms with Crippen LogP contribution in [0.25, 0.3) is 0 Å². The van der Waals surface area contributed by atoms with E-state index in [0.29, 0.717) is 5.69 Å². The molecule has 1 fully saturated rings. The molecule has 3 N–H and O–H groups in total. The fourth-order valence-corrected chi connectivity index (χ4v) is 4.46. The standard InChI is InChI=1S/C22H30N4O3S/c1-2-18-8-10-21(11-9-18)26-15-12-19(13-16-26)24-22(27)23-14-17-30(28,29)25-20-6-4-3-5-7-20/h3-11,19,25H,2,12-17H2,1H3,(H2,23,24,27). The van der Waals surface area contributed by atoms with Crippen LogP contribution in [0.4, 0.5) is 16.2 Å². The molecule has 0 aliphatic carbocycles. The van der Waals surface area contributed by atoms with E-state index in [4.69, 9.17) is 0 Å². The molecule has 30 heavy (non-hydrogen) atoms. The fraction of sp³-hybridized carbons (Fsp3) is 0.409. The van der Waals surface area contributed by atoms with Gasteiger partial charge in [0.2, 0.25) is 10.0 Å². The Morgan fingerprint density at radius 2 is 1.70 bits per heavy atom. The summed E-state index contributed by atoms with van der Waals surface area (Å²) < 4.78 is 26.7. The Morgan fingerprint density at radius 3 is 2.33 bits per heavy atom. The first-order valence-corrected chi connectivity index (χ1v) is 12.0. The van der Waals surface area contributed by atoms with Crippen LogP contribution >= 0.6 is 0 Å². The summed E-state index contributed by atoms with van der Waals surface area (Å²) in [7, 11) is -3.51. The van der Waals surface area contributed by atoms with Crippen LogP contribution < -0.4 is 20.3 Å². The maximum Gasteiger partial charge on any atom is 0.315 e. The second-order valence-electron chi connectivity index (χ2n) is 7.47. The van der Waals surface area contributed by atoms with Gasteiger partial charge < -0.3 is 15.5 Å². The van der Waals surface area contributed by atoms with Crippen LogP contribution in [0.5, 0.6) is 0 Å². The molecule has 8 heteroatoms. The number of anilines is 2. The molecule has 0 atom stereocenters. The van der Waals surface area contributed by atoms with Crippen LogP contribution in [-0.4, -0.2) is 45.9 Å². The molecule has 1 aliphatic heterocycles. The molecule has 1 saturated heterocycles. The van der Waals surface area contributed by atoms with Crippen molar-refractivity contribution >= 4 is 27.4 Å². The second kappa shape index (κ2) is 10.3. The zero-order valence-corrected chi connectivity index (χ0v) is 18.1. The maximum atomic E-state index is 12.1. The molecule has 162 valence electrons. The molecule has 0 spiro atoms. The van der Waals surface area contributed by atoms with Gasteiger partial charge in [0.1, 0.15) is 0 Å². The van der Waals surface area contributed by atoms with Gasteiger partial charge in [-0.2, -0.15) is 0 Å². The monoisotopic (exact) mass is 430 g/mol. The zero-order valence-electron chi connectivity index (χ0n) is 17.3. The third kappa shape index (κ3) is 6.66. The lowest BCUT2D eigenvalue weighted by molar-refractivity contribution is 0.235. The Morgan fingerprint density at radius 1 is 1.03 bits per heavy atom. The zero-order chi connectivity index (χ0) is 21.4. The highest BCUT2D eigenvalue weighted by molar-refractivity contribution is 7.92. The van der Waals surface area contributed by atoms with E-state index in [9.17, 15) is 13.2 Å². The third-order valence-electron chi connectivity index (χ3n) is 5.24. The molecule has 2 aromatic carbocycles. The first-order chi connectivity index (χ1) is 14.4. The molecule has 0 radical (unpaired) electrons. The number of hydrogen-bond donors (Lipinski definition) is 3. The molecule has 0 bridgehead atoms. The summed E-state index contributed by atoms with van der Waals surface area (Å²) >= 11 is 0. The van der Waals surface area contributed by atoms with Gasteiger partial charge in [-0.15, -0.1) is 0 Å². The van der Waals surface area contributed by atoms with Gasteiger partial charge in [-0.3, -0.25) is 4.72 Å². The summed E-state index contributed by atoms with van der Waals surface area (Å²) in [5, 5.41) is 5.60. The Kier molecular flexibility index (Phi) is 7.57. The number of nitrogens with zero attached hydrogens (tertiary/aromatic N) is 1. The average Bonchev–Trinajstić information content (AvgIpc) is 2.74. The summed E-state index contributed by atoms with van der Waals surface area (Å²) in [6.07, 6.45) is 2.75. The molecule has 2 aromatic rings. The van der Waals surface area contributed by atoms with Crippen LogP contribution in [0.2, 0.25) is 0 Å². The highest BCUT2D eigenvalue weighted by atomic mass is 32.2. The number of nitrogens with one attached hydrogen (secondary N) is 3. The minimum absolute atomic E-state index is 0.0522. The number of benzene rings is 2. The van der Waals surface area contributed by atoms with Crippen molar-refractivity contribution in [2.75, 3.05) is 35.0 Å². The van der Waals surface area contributed by atoms with Gasteiger partial charge in [-0.1, -0.05) is 37.3 Å². The van der Waals surface area contributed by atoms with Crippen molar-refractivity contribution < 1.29 is 13.2 Å². The average molecular weight is 431 g/mol. The van der Waals surface area contributed by atoms with E-state index in [1.165, 1.54) is 11.3 Å². The number of sulfonamides is 1. The van der Waals surface area contributed by atoms with Crippen LogP contribution in [0.3, 0.4) is 0 Å². The lowest BCUT2D eigenvalue weighted by Crippen LogP contribution is -2.48. The lowest BCUT2D eigenvalue weighted by Gasteiger charge is -2.34. The molecule has 0 unspecified atom stereocenters. The van der Waals surface area contributed by atoms with Crippen LogP contribution in [0.15, 0.2) is 54.6 Å². The first-order valence-electron chi connectivity index (χ1n) is 10.4. The quantitative estimate of drug-likeness (QED) is 0.601. The number of carbonyl (C=O) groups excluding carboxylic acids is 1. The number of amides is 2. The van der Waals surface area contributed by atoms with Crippen molar-refractivity contribution in [1.82, 2.24) is 10.6 Å². The first kappa shape index (κ1) is 22.0. The topological polar surface area (TPSA) is 90.5 Å². The molecule has 7 nitrogen and oxygen atoms in total. The van der Waals surface area contributed by atoms with Gasteiger partial charge in [0.05, 0.1) is 5.75 Å². The maximum absolute atomic E-state index is 12.1. The van der Waals surface area contributed by atoms with Gasteiger partial charge in [0.25, 0.3) is 0 Å². The number of urea groups is 1. The SMILES string of the molecule is CCc1ccc(N2CCC(NC(=O)NCCS(=O)(=O)Nc3ccccc3)CC2)cc1. The molecule has 0 saturated carbocycles. The van der Waals surface area contributed by atoms with Crippen molar-refractivity contribution in [3.05, 3.63) is 60.2 Å². The summed E-state index contributed by atoms with van der Waals surface area (Å²) in [6.45, 7) is 3.96. The number of hydrogen-bond acceptors (Lipinski definition) is 4. The van der Waals surface area contributed by atoms with E-state index in [2.05, 4.69) is 51.4 Å². The summed E-state index contributed by atoms with van der Waals surface area (Å²) in [6, 6.07) is 17.1. The van der Waals surface area contributed by atoms with E-state index in [0.717, 1.165) is 32.4 Å². The van der Waals surface area contributed by atoms with Crippen molar-refractivity contribution in [3.8, 4) is 0 Å². The number of aryl methyl sites for hydroxylation is 1. The molecular formula is C22H30N4O3S. The third-order valence-corrected chi connectivity index (χ3v) is 6.53. The van der Waals surface area contributed by atoms with Crippen molar-refractivity contribution in [2.24, 2.45) is 0 Å². The highest BCUT2D eigenvalue weighted by Crippen LogP contribution is 2.20. The predicted octanol–water partition coefficient (Wildman–Crippen LogP) is 2.96. The van der Waals surface area contributed by atoms with E-state index in [-0.39, 0.29) is 24.4 Å². The lowest BCUT2D eigenvalue weighted by atomic mass is 10.0. The molecular weight excluding hydrogens is 400 g/mol. The van der Waals surface area contributed by atoms with E-state index >= 15 is 0 Å². The summed E-state index contributed by atoms with van der Waals surface area (Å²) in [5.41, 5.74) is 3.05. The van der Waals surface area contributed by atoms with Crippen LogP contribution in [-0.2, 0) is 16.4 Å². The fourth-order valence-electron chi connectivity index (χ4n) is 3.50. The predicted molar refractivity (Wildman–Crippen MR) is 121 cm³/mol. The van der Waals surface area contributed by atoms with E-state index in [1.54, 1.807) is 24.3 Å². The number of carbonyl (C=O) groups is 1. The summed E-state index contributed by atoms with van der Waals surface area (Å²) in [5.74, 6) is -0.179. The van der Waals surface area contributed by atoms with Crippen LogP contribution in [0, 0.1) is 0 Å². The second-order valence-corrected chi connectivity index (χ2v) is 9.31. The number of para-hydroxylation sites is 1. The molecule has 1 heterocycles. The van der Waals surface area contributed by atoms with Gasteiger partial charge in [-0.25, -0.2) is 13.2 Å². The molecule has 2 amide bonds. The molecule has 0 aromatic heterocycles.